The van der Waals surface area contributed by atoms with Gasteiger partial charge in [0, 0.05) is 31.1 Å². The third kappa shape index (κ3) is 3.50. The van der Waals surface area contributed by atoms with Gasteiger partial charge in [0.1, 0.15) is 11.9 Å². The zero-order valence-corrected chi connectivity index (χ0v) is 14.5. The highest BCUT2D eigenvalue weighted by Crippen LogP contribution is 2.40. The van der Waals surface area contributed by atoms with Crippen LogP contribution in [-0.2, 0) is 6.18 Å². The Hall–Kier alpha value is -2.57. The fourth-order valence-corrected chi connectivity index (χ4v) is 4.22. The molecule has 1 aromatic carbocycles. The summed E-state index contributed by atoms with van der Waals surface area (Å²) in [4.78, 5) is 18.6. The minimum atomic E-state index is -4.55. The van der Waals surface area contributed by atoms with E-state index in [2.05, 4.69) is 4.98 Å². The molecule has 0 aliphatic carbocycles. The van der Waals surface area contributed by atoms with Crippen LogP contribution in [0.5, 0.6) is 5.75 Å². The molecule has 7 heteroatoms. The number of nitrogens with zero attached hydrogens (tertiary/aromatic N) is 2. The maximum Gasteiger partial charge on any atom is 0.417 e. The molecule has 2 unspecified atom stereocenters. The van der Waals surface area contributed by atoms with E-state index < -0.39 is 17.6 Å². The van der Waals surface area contributed by atoms with Gasteiger partial charge in [-0.3, -0.25) is 9.78 Å². The van der Waals surface area contributed by atoms with Crippen molar-refractivity contribution in [2.75, 3.05) is 0 Å². The number of aromatic nitrogens is 1. The second-order valence-electron chi connectivity index (χ2n) is 7.04. The summed E-state index contributed by atoms with van der Waals surface area (Å²) in [6, 6.07) is 8.43. The lowest BCUT2D eigenvalue weighted by atomic mass is 9.97. The maximum atomic E-state index is 13.3. The van der Waals surface area contributed by atoms with Gasteiger partial charge in [0.05, 0.1) is 17.3 Å². The quantitative estimate of drug-likeness (QED) is 0.802. The highest BCUT2D eigenvalue weighted by molar-refractivity contribution is 5.96. The van der Waals surface area contributed by atoms with Crippen molar-refractivity contribution in [1.29, 1.82) is 0 Å². The fraction of sp³-hybridized carbons (Fsp3) is 0.400. The van der Waals surface area contributed by atoms with Gasteiger partial charge in [-0.25, -0.2) is 0 Å². The van der Waals surface area contributed by atoms with Crippen molar-refractivity contribution in [3.63, 3.8) is 0 Å². The predicted molar refractivity (Wildman–Crippen MR) is 92.3 cm³/mol. The molecule has 2 aliphatic rings. The van der Waals surface area contributed by atoms with Crippen molar-refractivity contribution in [2.24, 2.45) is 0 Å². The van der Waals surface area contributed by atoms with Crippen LogP contribution in [-0.4, -0.2) is 34.0 Å². The first-order valence-electron chi connectivity index (χ1n) is 8.99. The van der Waals surface area contributed by atoms with Crippen LogP contribution in [0.2, 0.25) is 0 Å². The normalized spacial score (nSPS) is 24.7. The third-order valence-electron chi connectivity index (χ3n) is 5.32. The number of fused-ring (bicyclic) bond motifs is 2. The molecule has 0 spiro atoms. The van der Waals surface area contributed by atoms with Crippen LogP contribution in [0.15, 0.2) is 48.8 Å². The monoisotopic (exact) mass is 376 g/mol. The Morgan fingerprint density at radius 3 is 2.41 bits per heavy atom. The van der Waals surface area contributed by atoms with E-state index in [0.717, 1.165) is 18.9 Å². The molecule has 4 nitrogen and oxygen atoms in total. The second kappa shape index (κ2) is 6.87. The summed E-state index contributed by atoms with van der Waals surface area (Å²) < 4.78 is 45.8. The Kier molecular flexibility index (Phi) is 4.53. The summed E-state index contributed by atoms with van der Waals surface area (Å²) in [5.41, 5.74) is -1.14. The number of halogens is 3. The van der Waals surface area contributed by atoms with E-state index >= 15 is 0 Å². The Morgan fingerprint density at radius 2 is 1.78 bits per heavy atom. The molecular formula is C20H19F3N2O2. The lowest BCUT2D eigenvalue weighted by molar-refractivity contribution is -0.138. The minimum absolute atomic E-state index is 0.0615. The van der Waals surface area contributed by atoms with Crippen molar-refractivity contribution >= 4 is 5.91 Å². The molecule has 3 heterocycles. The fourth-order valence-electron chi connectivity index (χ4n) is 4.22. The van der Waals surface area contributed by atoms with Crippen molar-refractivity contribution in [3.05, 3.63) is 59.9 Å². The number of pyridine rings is 1. The largest absolute Gasteiger partial charge is 0.489 e. The summed E-state index contributed by atoms with van der Waals surface area (Å²) in [5, 5.41) is 0. The van der Waals surface area contributed by atoms with Gasteiger partial charge in [0.15, 0.2) is 0 Å². The van der Waals surface area contributed by atoms with Crippen LogP contribution in [0.3, 0.4) is 0 Å². The van der Waals surface area contributed by atoms with Gasteiger partial charge in [-0.2, -0.15) is 13.2 Å². The molecule has 1 aromatic heterocycles. The number of alkyl halides is 3. The summed E-state index contributed by atoms with van der Waals surface area (Å²) in [6.45, 7) is 0. The van der Waals surface area contributed by atoms with Gasteiger partial charge < -0.3 is 9.64 Å². The Bertz CT molecular complexity index is 811. The number of carbonyl (C=O) groups is 1. The van der Waals surface area contributed by atoms with Gasteiger partial charge >= 0.3 is 6.18 Å². The standard InChI is InChI=1S/C20H19F3N2O2/c21-20(22,23)18-6-2-1-5-17(18)19(26)25-13-7-8-14(25)11-16(10-13)27-15-4-3-9-24-12-15/h1-6,9,12-14,16H,7-8,10-11H2. The maximum absolute atomic E-state index is 13.3. The lowest BCUT2D eigenvalue weighted by Crippen LogP contribution is -2.49. The summed E-state index contributed by atoms with van der Waals surface area (Å²) in [6.07, 6.45) is 1.50. The second-order valence-corrected chi connectivity index (χ2v) is 7.04. The van der Waals surface area contributed by atoms with E-state index in [0.29, 0.717) is 18.6 Å². The van der Waals surface area contributed by atoms with Crippen LogP contribution in [0.25, 0.3) is 0 Å². The molecule has 2 bridgehead atoms. The van der Waals surface area contributed by atoms with Crippen molar-refractivity contribution in [1.82, 2.24) is 9.88 Å². The number of piperidine rings is 1. The van der Waals surface area contributed by atoms with Crippen LogP contribution in [0.4, 0.5) is 13.2 Å². The highest BCUT2D eigenvalue weighted by atomic mass is 19.4. The minimum Gasteiger partial charge on any atom is -0.489 e. The van der Waals surface area contributed by atoms with Gasteiger partial charge in [0.25, 0.3) is 5.91 Å². The van der Waals surface area contributed by atoms with Crippen molar-refractivity contribution < 1.29 is 22.7 Å². The Balaban J connectivity index is 1.53. The van der Waals surface area contributed by atoms with E-state index in [1.54, 1.807) is 23.4 Å². The molecular weight excluding hydrogens is 357 g/mol. The number of hydrogen-bond acceptors (Lipinski definition) is 3. The summed E-state index contributed by atoms with van der Waals surface area (Å²) >= 11 is 0. The predicted octanol–water partition coefficient (Wildman–Crippen LogP) is 4.32. The van der Waals surface area contributed by atoms with Crippen LogP contribution >= 0.6 is 0 Å². The van der Waals surface area contributed by atoms with E-state index in [9.17, 15) is 18.0 Å². The zero-order chi connectivity index (χ0) is 19.0. The topological polar surface area (TPSA) is 42.4 Å². The number of rotatable bonds is 3. The molecule has 2 saturated heterocycles. The number of amides is 1. The Labute approximate surface area is 155 Å². The van der Waals surface area contributed by atoms with E-state index in [1.165, 1.54) is 18.2 Å². The molecule has 2 aromatic rings. The van der Waals surface area contributed by atoms with Crippen molar-refractivity contribution in [2.45, 2.75) is 50.0 Å². The molecule has 1 amide bonds. The summed E-state index contributed by atoms with van der Waals surface area (Å²) in [7, 11) is 0. The summed E-state index contributed by atoms with van der Waals surface area (Å²) in [5.74, 6) is 0.138. The molecule has 2 fully saturated rings. The number of benzene rings is 1. The van der Waals surface area contributed by atoms with Gasteiger partial charge in [-0.05, 0) is 37.1 Å². The molecule has 0 saturated carbocycles. The molecule has 0 radical (unpaired) electrons. The molecule has 4 rings (SSSR count). The van der Waals surface area contributed by atoms with Crippen LogP contribution in [0, 0.1) is 0 Å². The zero-order valence-electron chi connectivity index (χ0n) is 14.5. The third-order valence-corrected chi connectivity index (χ3v) is 5.32. The average molecular weight is 376 g/mol. The SMILES string of the molecule is O=C(c1ccccc1C(F)(F)F)N1C2CCC1CC(Oc1cccnc1)C2. The molecule has 2 aliphatic heterocycles. The molecule has 142 valence electrons. The number of carbonyl (C=O) groups excluding carboxylic acids is 1. The van der Waals surface area contributed by atoms with Crippen LogP contribution < -0.4 is 4.74 Å². The smallest absolute Gasteiger partial charge is 0.417 e. The van der Waals surface area contributed by atoms with Gasteiger partial charge in [-0.15, -0.1) is 0 Å². The van der Waals surface area contributed by atoms with E-state index in [4.69, 9.17) is 4.74 Å². The molecule has 0 N–H and O–H groups in total. The number of hydrogen-bond donors (Lipinski definition) is 0. The first kappa shape index (κ1) is 17.8. The van der Waals surface area contributed by atoms with E-state index in [-0.39, 0.29) is 23.8 Å². The lowest BCUT2D eigenvalue weighted by Gasteiger charge is -2.39. The average Bonchev–Trinajstić information content (AvgIpc) is 2.92. The molecule has 2 atom stereocenters. The van der Waals surface area contributed by atoms with Gasteiger partial charge in [-0.1, -0.05) is 12.1 Å². The first-order valence-corrected chi connectivity index (χ1v) is 8.99. The Morgan fingerprint density at radius 1 is 1.07 bits per heavy atom. The highest BCUT2D eigenvalue weighted by Gasteiger charge is 2.46. The van der Waals surface area contributed by atoms with Crippen molar-refractivity contribution in [3.8, 4) is 5.75 Å². The van der Waals surface area contributed by atoms with Gasteiger partial charge in [0.2, 0.25) is 0 Å². The first-order chi connectivity index (χ1) is 12.9. The van der Waals surface area contributed by atoms with Crippen LogP contribution in [0.1, 0.15) is 41.6 Å². The van der Waals surface area contributed by atoms with E-state index in [1.807, 2.05) is 6.07 Å². The molecule has 27 heavy (non-hydrogen) atoms. The number of ether oxygens (including phenoxy) is 1.